The van der Waals surface area contributed by atoms with Crippen molar-refractivity contribution >= 4 is 11.8 Å². The van der Waals surface area contributed by atoms with E-state index in [9.17, 15) is 32.7 Å². The van der Waals surface area contributed by atoms with Crippen molar-refractivity contribution < 1.29 is 32.6 Å². The Kier molecular flexibility index (Phi) is 5.68. The topological polar surface area (TPSA) is 101 Å². The second-order valence-electron chi connectivity index (χ2n) is 7.60. The summed E-state index contributed by atoms with van der Waals surface area (Å²) in [5.41, 5.74) is -2.42. The summed E-state index contributed by atoms with van der Waals surface area (Å²) < 4.78 is 47.6. The fraction of sp³-hybridized carbons (Fsp3) is 0.381. The zero-order valence-electron chi connectivity index (χ0n) is 17.0. The molecule has 2 atom stereocenters. The molecule has 1 aromatic heterocycles. The molecule has 1 fully saturated rings. The molecule has 1 saturated heterocycles. The standard InChI is InChI=1S/C21H20F3N3O5/c1-2-26-15-3-4-32-9-16(15)27-8-12(18(28)19(29)17(27)21(26)31)20(30)25-7-11-13(23)5-10(22)6-14(11)24/h5-6,8,15-16,29H,2-4,7,9H2,1H3,(H,25,30)/t15-,16+/m1/s1. The molecule has 0 bridgehead atoms. The van der Waals surface area contributed by atoms with E-state index in [1.54, 1.807) is 11.8 Å². The van der Waals surface area contributed by atoms with Crippen LogP contribution >= 0.6 is 0 Å². The Labute approximate surface area is 180 Å². The summed E-state index contributed by atoms with van der Waals surface area (Å²) in [5.74, 6) is -5.93. The fourth-order valence-electron chi connectivity index (χ4n) is 4.27. The van der Waals surface area contributed by atoms with Gasteiger partial charge in [-0.05, 0) is 13.3 Å². The molecule has 0 aliphatic carbocycles. The lowest BCUT2D eigenvalue weighted by Gasteiger charge is -2.45. The lowest BCUT2D eigenvalue weighted by Crippen LogP contribution is -2.55. The maximum Gasteiger partial charge on any atom is 0.274 e. The van der Waals surface area contributed by atoms with Gasteiger partial charge in [-0.15, -0.1) is 0 Å². The summed E-state index contributed by atoms with van der Waals surface area (Å²) in [6.45, 7) is 2.14. The molecule has 11 heteroatoms. The summed E-state index contributed by atoms with van der Waals surface area (Å²) in [7, 11) is 0. The lowest BCUT2D eigenvalue weighted by molar-refractivity contribution is -0.0134. The molecule has 0 saturated carbocycles. The smallest absolute Gasteiger partial charge is 0.274 e. The van der Waals surface area contributed by atoms with Gasteiger partial charge in [-0.3, -0.25) is 14.4 Å². The number of rotatable bonds is 4. The fourth-order valence-corrected chi connectivity index (χ4v) is 4.27. The highest BCUT2D eigenvalue weighted by Gasteiger charge is 2.43. The van der Waals surface area contributed by atoms with E-state index in [-0.39, 0.29) is 18.3 Å². The highest BCUT2D eigenvalue weighted by molar-refractivity contribution is 5.99. The van der Waals surface area contributed by atoms with Crippen molar-refractivity contribution in [1.29, 1.82) is 0 Å². The normalized spacial score (nSPS) is 20.0. The van der Waals surface area contributed by atoms with Crippen LogP contribution in [0.25, 0.3) is 0 Å². The average Bonchev–Trinajstić information content (AvgIpc) is 2.75. The maximum absolute atomic E-state index is 13.8. The number of aromatic nitrogens is 1. The summed E-state index contributed by atoms with van der Waals surface area (Å²) in [6.07, 6.45) is 1.70. The van der Waals surface area contributed by atoms with Gasteiger partial charge in [-0.25, -0.2) is 13.2 Å². The molecule has 170 valence electrons. The number of hydrogen-bond acceptors (Lipinski definition) is 5. The number of fused-ring (bicyclic) bond motifs is 3. The van der Waals surface area contributed by atoms with Gasteiger partial charge in [0.2, 0.25) is 5.43 Å². The molecule has 8 nitrogen and oxygen atoms in total. The quantitative estimate of drug-likeness (QED) is 0.737. The molecule has 2 N–H and O–H groups in total. The molecule has 0 radical (unpaired) electrons. The van der Waals surface area contributed by atoms with E-state index >= 15 is 0 Å². The minimum atomic E-state index is -1.19. The summed E-state index contributed by atoms with van der Waals surface area (Å²) >= 11 is 0. The van der Waals surface area contributed by atoms with Gasteiger partial charge in [0.25, 0.3) is 11.8 Å². The zero-order valence-corrected chi connectivity index (χ0v) is 17.0. The molecule has 0 unspecified atom stereocenters. The minimum absolute atomic E-state index is 0.205. The first kappa shape index (κ1) is 21.9. The van der Waals surface area contributed by atoms with Crippen molar-refractivity contribution in [2.24, 2.45) is 0 Å². The summed E-state index contributed by atoms with van der Waals surface area (Å²) in [4.78, 5) is 39.8. The van der Waals surface area contributed by atoms with E-state index < -0.39 is 64.2 Å². The minimum Gasteiger partial charge on any atom is -0.503 e. The predicted molar refractivity (Wildman–Crippen MR) is 105 cm³/mol. The van der Waals surface area contributed by atoms with Crippen molar-refractivity contribution in [3.8, 4) is 5.75 Å². The number of pyridine rings is 1. The van der Waals surface area contributed by atoms with Crippen LogP contribution in [0.15, 0.2) is 23.1 Å². The predicted octanol–water partition coefficient (Wildman–Crippen LogP) is 1.71. The van der Waals surface area contributed by atoms with Gasteiger partial charge < -0.3 is 24.6 Å². The largest absolute Gasteiger partial charge is 0.503 e. The van der Waals surface area contributed by atoms with E-state index in [1.807, 2.05) is 0 Å². The van der Waals surface area contributed by atoms with Gasteiger partial charge in [0, 0.05) is 43.6 Å². The molecule has 2 aromatic rings. The number of nitrogens with zero attached hydrogens (tertiary/aromatic N) is 2. The Morgan fingerprint density at radius 3 is 2.56 bits per heavy atom. The summed E-state index contributed by atoms with van der Waals surface area (Å²) in [5, 5.41) is 12.7. The molecular weight excluding hydrogens is 431 g/mol. The number of carbonyl (C=O) groups is 2. The van der Waals surface area contributed by atoms with Crippen molar-refractivity contribution in [1.82, 2.24) is 14.8 Å². The van der Waals surface area contributed by atoms with Gasteiger partial charge in [-0.1, -0.05) is 0 Å². The van der Waals surface area contributed by atoms with Gasteiger partial charge >= 0.3 is 0 Å². The SMILES string of the molecule is CCN1C(=O)c2c(O)c(=O)c(C(=O)NCc3c(F)cc(F)cc3F)cn2[C@H]2COCC[C@H]21. The van der Waals surface area contributed by atoms with E-state index in [2.05, 4.69) is 5.32 Å². The number of hydrogen-bond donors (Lipinski definition) is 2. The monoisotopic (exact) mass is 451 g/mol. The molecule has 2 aliphatic heterocycles. The highest BCUT2D eigenvalue weighted by Crippen LogP contribution is 2.34. The van der Waals surface area contributed by atoms with Crippen molar-refractivity contribution in [3.05, 3.63) is 62.8 Å². The highest BCUT2D eigenvalue weighted by atomic mass is 19.1. The van der Waals surface area contributed by atoms with Gasteiger partial charge in [0.15, 0.2) is 11.4 Å². The average molecular weight is 451 g/mol. The van der Waals surface area contributed by atoms with Crippen molar-refractivity contribution in [2.75, 3.05) is 19.8 Å². The third-order valence-corrected chi connectivity index (χ3v) is 5.84. The van der Waals surface area contributed by atoms with Crippen LogP contribution in [0.3, 0.4) is 0 Å². The van der Waals surface area contributed by atoms with Crippen LogP contribution in [0.4, 0.5) is 13.2 Å². The Morgan fingerprint density at radius 1 is 1.22 bits per heavy atom. The number of carbonyl (C=O) groups excluding carboxylic acids is 2. The van der Waals surface area contributed by atoms with Crippen LogP contribution in [0.1, 0.15) is 45.8 Å². The van der Waals surface area contributed by atoms with E-state index in [1.165, 1.54) is 4.57 Å². The van der Waals surface area contributed by atoms with Crippen molar-refractivity contribution in [2.45, 2.75) is 32.0 Å². The number of likely N-dealkylation sites (N-methyl/N-ethyl adjacent to an activating group) is 1. The van der Waals surface area contributed by atoms with Gasteiger partial charge in [0.05, 0.1) is 18.7 Å². The zero-order chi connectivity index (χ0) is 23.2. The summed E-state index contributed by atoms with van der Waals surface area (Å²) in [6, 6.07) is 0.271. The molecule has 0 spiro atoms. The van der Waals surface area contributed by atoms with Crippen LogP contribution in [-0.4, -0.2) is 52.2 Å². The number of ether oxygens (including phenoxy) is 1. The second kappa shape index (κ2) is 8.30. The van der Waals surface area contributed by atoms with Crippen LogP contribution in [0.5, 0.6) is 5.75 Å². The second-order valence-corrected chi connectivity index (χ2v) is 7.60. The number of benzene rings is 1. The molecule has 2 aliphatic rings. The number of halogens is 3. The molecule has 32 heavy (non-hydrogen) atoms. The maximum atomic E-state index is 13.8. The Hall–Kier alpha value is -3.34. The van der Waals surface area contributed by atoms with Gasteiger partial charge in [-0.2, -0.15) is 0 Å². The number of amides is 2. The van der Waals surface area contributed by atoms with Crippen LogP contribution in [0, 0.1) is 17.5 Å². The Bertz CT molecular complexity index is 1140. The molecular formula is C21H20F3N3O5. The number of nitrogens with one attached hydrogen (secondary N) is 1. The first-order valence-corrected chi connectivity index (χ1v) is 10.0. The first-order chi connectivity index (χ1) is 15.2. The van der Waals surface area contributed by atoms with E-state index in [0.717, 1.165) is 6.20 Å². The first-order valence-electron chi connectivity index (χ1n) is 10.0. The van der Waals surface area contributed by atoms with Crippen molar-refractivity contribution in [3.63, 3.8) is 0 Å². The van der Waals surface area contributed by atoms with Crippen LogP contribution in [0.2, 0.25) is 0 Å². The molecule has 1 aromatic carbocycles. The molecule has 2 amide bonds. The third-order valence-electron chi connectivity index (χ3n) is 5.84. The van der Waals surface area contributed by atoms with Crippen LogP contribution < -0.4 is 10.7 Å². The van der Waals surface area contributed by atoms with E-state index in [4.69, 9.17) is 4.74 Å². The lowest BCUT2D eigenvalue weighted by atomic mass is 9.96. The van der Waals surface area contributed by atoms with Crippen LogP contribution in [-0.2, 0) is 11.3 Å². The Morgan fingerprint density at radius 2 is 1.91 bits per heavy atom. The van der Waals surface area contributed by atoms with E-state index in [0.29, 0.717) is 31.7 Å². The Balaban J connectivity index is 1.70. The molecule has 3 heterocycles. The van der Waals surface area contributed by atoms with Gasteiger partial charge in [0.1, 0.15) is 23.0 Å². The number of aromatic hydroxyl groups is 1. The third kappa shape index (κ3) is 3.52. The molecule has 4 rings (SSSR count).